The lowest BCUT2D eigenvalue weighted by atomic mass is 10.1. The van der Waals surface area contributed by atoms with Gasteiger partial charge >= 0.3 is 0 Å². The summed E-state index contributed by atoms with van der Waals surface area (Å²) in [4.78, 5) is 0. The standard InChI is InChI=1S/C5H9Cl3O/c1-4(2,9)5(7,8)3-6/h9H,3H2,1-2H3. The normalized spacial score (nSPS) is 14.0. The first-order valence-electron chi connectivity index (χ1n) is 2.47. The van der Waals surface area contributed by atoms with Crippen LogP contribution in [0, 0.1) is 0 Å². The largest absolute Gasteiger partial charge is 0.387 e. The molecule has 0 heterocycles. The minimum atomic E-state index is -1.26. The molecule has 0 aromatic rings. The molecule has 0 unspecified atom stereocenters. The van der Waals surface area contributed by atoms with E-state index in [1.54, 1.807) is 0 Å². The SMILES string of the molecule is CC(C)(O)C(Cl)(Cl)CCl. The summed E-state index contributed by atoms with van der Waals surface area (Å²) >= 11 is 16.5. The predicted octanol–water partition coefficient (Wildman–Crippen LogP) is 2.17. The first-order valence-corrected chi connectivity index (χ1v) is 3.76. The van der Waals surface area contributed by atoms with Crippen LogP contribution >= 0.6 is 34.8 Å². The Morgan fingerprint density at radius 3 is 1.67 bits per heavy atom. The number of halogens is 3. The third-order valence-corrected chi connectivity index (χ3v) is 2.93. The molecule has 0 saturated heterocycles. The van der Waals surface area contributed by atoms with Crippen molar-refractivity contribution in [2.75, 3.05) is 5.88 Å². The summed E-state index contributed by atoms with van der Waals surface area (Å²) < 4.78 is -1.26. The lowest BCUT2D eigenvalue weighted by Crippen LogP contribution is -2.42. The summed E-state index contributed by atoms with van der Waals surface area (Å²) in [5.74, 6) is 0.0135. The number of alkyl halides is 3. The van der Waals surface area contributed by atoms with Gasteiger partial charge < -0.3 is 5.11 Å². The second kappa shape index (κ2) is 2.83. The molecule has 0 aliphatic carbocycles. The average Bonchev–Trinajstić information content (AvgIpc) is 1.64. The molecule has 0 aliphatic rings. The molecule has 0 atom stereocenters. The summed E-state index contributed by atoms with van der Waals surface area (Å²) in [6.45, 7) is 3.02. The first kappa shape index (κ1) is 9.83. The van der Waals surface area contributed by atoms with Crippen LogP contribution in [0.25, 0.3) is 0 Å². The van der Waals surface area contributed by atoms with E-state index >= 15 is 0 Å². The topological polar surface area (TPSA) is 20.2 Å². The molecule has 0 bridgehead atoms. The summed E-state index contributed by atoms with van der Waals surface area (Å²) in [5.41, 5.74) is -1.15. The van der Waals surface area contributed by atoms with Crippen LogP contribution in [0.3, 0.4) is 0 Å². The van der Waals surface area contributed by atoms with Crippen molar-refractivity contribution in [1.82, 2.24) is 0 Å². The van der Waals surface area contributed by atoms with Gasteiger partial charge in [0.15, 0.2) is 4.33 Å². The third kappa shape index (κ3) is 2.50. The smallest absolute Gasteiger partial charge is 0.159 e. The highest BCUT2D eigenvalue weighted by atomic mass is 35.5. The average molecular weight is 191 g/mol. The van der Waals surface area contributed by atoms with Crippen molar-refractivity contribution >= 4 is 34.8 Å². The molecule has 4 heteroatoms. The molecule has 1 nitrogen and oxygen atoms in total. The molecule has 1 N–H and O–H groups in total. The molecule has 0 saturated carbocycles. The maximum atomic E-state index is 9.20. The van der Waals surface area contributed by atoms with E-state index < -0.39 is 9.93 Å². The van der Waals surface area contributed by atoms with Crippen LogP contribution in [-0.4, -0.2) is 20.9 Å². The quantitative estimate of drug-likeness (QED) is 0.663. The molecule has 56 valence electrons. The van der Waals surface area contributed by atoms with Gasteiger partial charge in [0.25, 0.3) is 0 Å². The lowest BCUT2D eigenvalue weighted by Gasteiger charge is -2.30. The zero-order valence-corrected chi connectivity index (χ0v) is 7.56. The van der Waals surface area contributed by atoms with Gasteiger partial charge in [0, 0.05) is 0 Å². The molecule has 0 spiro atoms. The first-order chi connectivity index (χ1) is 3.81. The molecule has 0 radical (unpaired) electrons. The van der Waals surface area contributed by atoms with Crippen molar-refractivity contribution in [2.24, 2.45) is 0 Å². The molecule has 0 amide bonds. The van der Waals surface area contributed by atoms with Crippen molar-refractivity contribution in [3.63, 3.8) is 0 Å². The van der Waals surface area contributed by atoms with Gasteiger partial charge in [0.2, 0.25) is 0 Å². The van der Waals surface area contributed by atoms with E-state index in [0.717, 1.165) is 0 Å². The molecular formula is C5H9Cl3O. The van der Waals surface area contributed by atoms with Crippen LogP contribution in [0.2, 0.25) is 0 Å². The van der Waals surface area contributed by atoms with Gasteiger partial charge in [-0.3, -0.25) is 0 Å². The van der Waals surface area contributed by atoms with Crippen LogP contribution in [0.4, 0.5) is 0 Å². The molecule has 9 heavy (non-hydrogen) atoms. The fourth-order valence-corrected chi connectivity index (χ4v) is 0.491. The second-order valence-electron chi connectivity index (χ2n) is 2.40. The van der Waals surface area contributed by atoms with E-state index in [0.29, 0.717) is 0 Å². The number of aliphatic hydroxyl groups is 1. The Labute approximate surface area is 69.9 Å². The summed E-state index contributed by atoms with van der Waals surface area (Å²) in [6.07, 6.45) is 0. The van der Waals surface area contributed by atoms with Crippen LogP contribution in [0.5, 0.6) is 0 Å². The van der Waals surface area contributed by atoms with Gasteiger partial charge in [-0.25, -0.2) is 0 Å². The summed E-state index contributed by atoms with van der Waals surface area (Å²) in [7, 11) is 0. The second-order valence-corrected chi connectivity index (χ2v) is 4.15. The Morgan fingerprint density at radius 2 is 1.67 bits per heavy atom. The van der Waals surface area contributed by atoms with E-state index in [2.05, 4.69) is 0 Å². The monoisotopic (exact) mass is 190 g/mol. The molecule has 0 aliphatic heterocycles. The zero-order valence-electron chi connectivity index (χ0n) is 5.29. The molecule has 0 aromatic heterocycles. The molecule has 0 rings (SSSR count). The minimum absolute atomic E-state index is 0.0135. The van der Waals surface area contributed by atoms with Crippen molar-refractivity contribution in [2.45, 2.75) is 23.8 Å². The highest BCUT2D eigenvalue weighted by Gasteiger charge is 2.39. The highest BCUT2D eigenvalue weighted by Crippen LogP contribution is 2.34. The van der Waals surface area contributed by atoms with E-state index in [-0.39, 0.29) is 5.88 Å². The number of hydrogen-bond acceptors (Lipinski definition) is 1. The minimum Gasteiger partial charge on any atom is -0.387 e. The van der Waals surface area contributed by atoms with Crippen molar-refractivity contribution in [1.29, 1.82) is 0 Å². The maximum absolute atomic E-state index is 9.20. The molecular weight excluding hydrogens is 182 g/mol. The molecule has 0 fully saturated rings. The van der Waals surface area contributed by atoms with Gasteiger partial charge in [0.05, 0.1) is 11.5 Å². The van der Waals surface area contributed by atoms with E-state index in [1.807, 2.05) is 0 Å². The Balaban J connectivity index is 4.14. The maximum Gasteiger partial charge on any atom is 0.159 e. The van der Waals surface area contributed by atoms with Crippen LogP contribution in [0.1, 0.15) is 13.8 Å². The van der Waals surface area contributed by atoms with Crippen molar-refractivity contribution in [3.8, 4) is 0 Å². The molecule has 0 aromatic carbocycles. The van der Waals surface area contributed by atoms with E-state index in [4.69, 9.17) is 34.8 Å². The Hall–Kier alpha value is 0.830. The Morgan fingerprint density at radius 1 is 1.33 bits per heavy atom. The third-order valence-electron chi connectivity index (χ3n) is 1.06. The fraction of sp³-hybridized carbons (Fsp3) is 1.00. The van der Waals surface area contributed by atoms with Gasteiger partial charge in [0.1, 0.15) is 0 Å². The van der Waals surface area contributed by atoms with Crippen LogP contribution < -0.4 is 0 Å². The summed E-state index contributed by atoms with van der Waals surface area (Å²) in [6, 6.07) is 0. The Bertz CT molecular complexity index is 94.9. The van der Waals surface area contributed by atoms with Crippen LogP contribution in [0.15, 0.2) is 0 Å². The van der Waals surface area contributed by atoms with Gasteiger partial charge in [-0.15, -0.1) is 11.6 Å². The summed E-state index contributed by atoms with van der Waals surface area (Å²) in [5, 5.41) is 9.20. The van der Waals surface area contributed by atoms with Gasteiger partial charge in [-0.2, -0.15) is 0 Å². The Kier molecular flexibility index (Phi) is 3.09. The number of hydrogen-bond donors (Lipinski definition) is 1. The highest BCUT2D eigenvalue weighted by molar-refractivity contribution is 6.52. The van der Waals surface area contributed by atoms with E-state index in [9.17, 15) is 5.11 Å². The number of rotatable bonds is 2. The van der Waals surface area contributed by atoms with Crippen molar-refractivity contribution < 1.29 is 5.11 Å². The zero-order chi connectivity index (χ0) is 7.71. The predicted molar refractivity (Wildman–Crippen MR) is 41.5 cm³/mol. The fourth-order valence-electron chi connectivity index (χ4n) is 0.164. The van der Waals surface area contributed by atoms with Gasteiger partial charge in [-0.05, 0) is 13.8 Å². The lowest BCUT2D eigenvalue weighted by molar-refractivity contribution is 0.0685. The van der Waals surface area contributed by atoms with Crippen LogP contribution in [-0.2, 0) is 0 Å². The van der Waals surface area contributed by atoms with Gasteiger partial charge in [-0.1, -0.05) is 23.2 Å². The van der Waals surface area contributed by atoms with Crippen molar-refractivity contribution in [3.05, 3.63) is 0 Å². The van der Waals surface area contributed by atoms with E-state index in [1.165, 1.54) is 13.8 Å².